The quantitative estimate of drug-likeness (QED) is 0.309. The second kappa shape index (κ2) is 3.20. The van der Waals surface area contributed by atoms with Crippen molar-refractivity contribution in [3.63, 3.8) is 0 Å². The van der Waals surface area contributed by atoms with Crippen molar-refractivity contribution in [2.75, 3.05) is 0 Å². The second-order valence-electron chi connectivity index (χ2n) is 2.26. The Morgan fingerprint density at radius 1 is 1.36 bits per heavy atom. The van der Waals surface area contributed by atoms with Crippen LogP contribution in [0.3, 0.4) is 0 Å². The Balaban J connectivity index is 3.20. The van der Waals surface area contributed by atoms with Gasteiger partial charge in [0.2, 0.25) is 0 Å². The fourth-order valence-corrected chi connectivity index (χ4v) is 0.721. The smallest absolute Gasteiger partial charge is 0.258 e. The molecule has 76 valence electrons. The van der Waals surface area contributed by atoms with Crippen LogP contribution in [0.15, 0.2) is 12.1 Å². The molecule has 0 aliphatic carbocycles. The molecule has 0 saturated carbocycles. The molecule has 14 heavy (non-hydrogen) atoms. The summed E-state index contributed by atoms with van der Waals surface area (Å²) in [6.07, 6.45) is -4.81. The summed E-state index contributed by atoms with van der Waals surface area (Å²) in [5.74, 6) is -1.75. The first kappa shape index (κ1) is 10.4. The summed E-state index contributed by atoms with van der Waals surface area (Å²) >= 11 is 0. The molecule has 0 bridgehead atoms. The molecule has 0 fully saturated rings. The predicted molar refractivity (Wildman–Crippen MR) is 35.9 cm³/mol. The Hall–Kier alpha value is -1.73. The lowest BCUT2D eigenvalue weighted by molar-refractivity contribution is -0.388. The fraction of sp³-hybridized carbons (Fsp3) is 0.167. The minimum Gasteiger partial charge on any atom is -0.258 e. The van der Waals surface area contributed by atoms with Crippen LogP contribution in [-0.2, 0) is 6.18 Å². The van der Waals surface area contributed by atoms with Crippen molar-refractivity contribution >= 4 is 5.69 Å². The first-order chi connectivity index (χ1) is 6.32. The van der Waals surface area contributed by atoms with Crippen LogP contribution >= 0.6 is 0 Å². The molecule has 4 nitrogen and oxygen atoms in total. The fourth-order valence-electron chi connectivity index (χ4n) is 0.721. The van der Waals surface area contributed by atoms with Gasteiger partial charge < -0.3 is 0 Å². The van der Waals surface area contributed by atoms with Gasteiger partial charge in [0.25, 0.3) is 5.95 Å². The number of nitrogens with zero attached hydrogens (tertiary/aromatic N) is 2. The van der Waals surface area contributed by atoms with Crippen LogP contribution in [0.25, 0.3) is 0 Å². The molecule has 8 heteroatoms. The van der Waals surface area contributed by atoms with Crippen LogP contribution < -0.4 is 0 Å². The number of aromatic nitrogens is 1. The van der Waals surface area contributed by atoms with Gasteiger partial charge >= 0.3 is 11.9 Å². The maximum Gasteiger partial charge on any atom is 0.433 e. The minimum absolute atomic E-state index is 0.348. The van der Waals surface area contributed by atoms with E-state index < -0.39 is 28.4 Å². The highest BCUT2D eigenvalue weighted by atomic mass is 19.4. The van der Waals surface area contributed by atoms with Gasteiger partial charge in [-0.3, -0.25) is 10.1 Å². The van der Waals surface area contributed by atoms with E-state index in [4.69, 9.17) is 0 Å². The highest BCUT2D eigenvalue weighted by molar-refractivity contribution is 5.29. The van der Waals surface area contributed by atoms with E-state index >= 15 is 0 Å². The summed E-state index contributed by atoms with van der Waals surface area (Å²) < 4.78 is 48.3. The highest BCUT2D eigenvalue weighted by Gasteiger charge is 2.34. The Morgan fingerprint density at radius 3 is 2.29 bits per heavy atom. The number of nitro groups is 1. The minimum atomic E-state index is -4.81. The highest BCUT2D eigenvalue weighted by Crippen LogP contribution is 2.29. The van der Waals surface area contributed by atoms with Crippen LogP contribution in [0.2, 0.25) is 0 Å². The summed E-state index contributed by atoms with van der Waals surface area (Å²) in [4.78, 5) is 11.3. The van der Waals surface area contributed by atoms with Crippen molar-refractivity contribution in [3.05, 3.63) is 33.9 Å². The van der Waals surface area contributed by atoms with Crippen molar-refractivity contribution in [2.45, 2.75) is 6.18 Å². The van der Waals surface area contributed by atoms with Crippen molar-refractivity contribution < 1.29 is 22.5 Å². The molecule has 0 aliphatic rings. The molecule has 0 saturated heterocycles. The molecule has 0 amide bonds. The van der Waals surface area contributed by atoms with E-state index in [2.05, 4.69) is 4.98 Å². The molecule has 1 aromatic rings. The van der Waals surface area contributed by atoms with E-state index in [1.807, 2.05) is 0 Å². The number of rotatable bonds is 1. The molecule has 0 aromatic carbocycles. The van der Waals surface area contributed by atoms with Crippen LogP contribution in [-0.4, -0.2) is 9.91 Å². The molecule has 0 atom stereocenters. The number of hydrogen-bond donors (Lipinski definition) is 0. The molecule has 0 N–H and O–H groups in total. The lowest BCUT2D eigenvalue weighted by atomic mass is 10.3. The third-order valence-corrected chi connectivity index (χ3v) is 1.32. The van der Waals surface area contributed by atoms with Gasteiger partial charge in [-0.05, 0) is 6.07 Å². The van der Waals surface area contributed by atoms with Crippen LogP contribution in [0.5, 0.6) is 0 Å². The lowest BCUT2D eigenvalue weighted by Crippen LogP contribution is -2.09. The first-order valence-corrected chi connectivity index (χ1v) is 3.20. The maximum absolute atomic E-state index is 12.6. The number of alkyl halides is 3. The summed E-state index contributed by atoms with van der Waals surface area (Å²) in [5, 5.41) is 10.0. The van der Waals surface area contributed by atoms with Crippen molar-refractivity contribution in [3.8, 4) is 0 Å². The van der Waals surface area contributed by atoms with Gasteiger partial charge in [-0.2, -0.15) is 17.6 Å². The Morgan fingerprint density at radius 2 is 1.93 bits per heavy atom. The maximum atomic E-state index is 12.6. The average Bonchev–Trinajstić information content (AvgIpc) is 2.01. The van der Waals surface area contributed by atoms with Gasteiger partial charge in [-0.25, -0.2) is 4.98 Å². The van der Waals surface area contributed by atoms with E-state index in [1.165, 1.54) is 0 Å². The third-order valence-electron chi connectivity index (χ3n) is 1.32. The topological polar surface area (TPSA) is 56.0 Å². The number of hydrogen-bond acceptors (Lipinski definition) is 3. The Bertz CT molecular complexity index is 377. The van der Waals surface area contributed by atoms with Crippen molar-refractivity contribution in [1.82, 2.24) is 4.98 Å². The lowest BCUT2D eigenvalue weighted by Gasteiger charge is -2.04. The van der Waals surface area contributed by atoms with E-state index in [-0.39, 0.29) is 0 Å². The third kappa shape index (κ3) is 1.95. The van der Waals surface area contributed by atoms with Gasteiger partial charge in [0.15, 0.2) is 0 Å². The van der Waals surface area contributed by atoms with Gasteiger partial charge in [0, 0.05) is 6.07 Å². The Kier molecular flexibility index (Phi) is 2.37. The van der Waals surface area contributed by atoms with Crippen LogP contribution in [0.4, 0.5) is 23.2 Å². The van der Waals surface area contributed by atoms with Gasteiger partial charge in [-0.15, -0.1) is 0 Å². The normalized spacial score (nSPS) is 11.4. The molecule has 1 aromatic heterocycles. The van der Waals surface area contributed by atoms with Crippen LogP contribution in [0, 0.1) is 16.1 Å². The summed E-state index contributed by atoms with van der Waals surface area (Å²) in [5.41, 5.74) is -2.58. The summed E-state index contributed by atoms with van der Waals surface area (Å²) in [6.45, 7) is 0. The van der Waals surface area contributed by atoms with Crippen molar-refractivity contribution in [2.24, 2.45) is 0 Å². The van der Waals surface area contributed by atoms with Crippen LogP contribution in [0.1, 0.15) is 5.69 Å². The monoisotopic (exact) mass is 210 g/mol. The number of halogens is 4. The number of pyridine rings is 1. The van der Waals surface area contributed by atoms with Gasteiger partial charge in [0.1, 0.15) is 5.69 Å². The van der Waals surface area contributed by atoms with E-state index in [9.17, 15) is 27.7 Å². The van der Waals surface area contributed by atoms with Gasteiger partial charge in [-0.1, -0.05) is 0 Å². The molecule has 0 radical (unpaired) electrons. The van der Waals surface area contributed by atoms with E-state index in [0.29, 0.717) is 12.1 Å². The first-order valence-electron chi connectivity index (χ1n) is 3.20. The van der Waals surface area contributed by atoms with Crippen molar-refractivity contribution in [1.29, 1.82) is 0 Å². The molecular weight excluding hydrogens is 208 g/mol. The largest absolute Gasteiger partial charge is 0.433 e. The van der Waals surface area contributed by atoms with Gasteiger partial charge in [0.05, 0.1) is 4.92 Å². The molecule has 1 rings (SSSR count). The zero-order chi connectivity index (χ0) is 10.9. The summed E-state index contributed by atoms with van der Waals surface area (Å²) in [7, 11) is 0. The molecule has 0 unspecified atom stereocenters. The van der Waals surface area contributed by atoms with E-state index in [1.54, 1.807) is 0 Å². The predicted octanol–water partition coefficient (Wildman–Crippen LogP) is 2.15. The molecule has 0 aliphatic heterocycles. The van der Waals surface area contributed by atoms with E-state index in [0.717, 1.165) is 0 Å². The molecular formula is C6H2F4N2O2. The average molecular weight is 210 g/mol. The molecule has 0 spiro atoms. The second-order valence-corrected chi connectivity index (χ2v) is 2.26. The Labute approximate surface area is 74.3 Å². The molecule has 1 heterocycles. The zero-order valence-corrected chi connectivity index (χ0v) is 6.38. The summed E-state index contributed by atoms with van der Waals surface area (Å²) in [6, 6.07) is 0.770. The SMILES string of the molecule is O=[N+]([O-])c1ccc(C(F)(F)F)nc1F. The zero-order valence-electron chi connectivity index (χ0n) is 6.38. The standard InChI is InChI=1S/C6H2F4N2O2/c7-5-3(12(13)14)1-2-4(11-5)6(8,9)10/h1-2H.